The van der Waals surface area contributed by atoms with Crippen LogP contribution in [0.5, 0.6) is 5.75 Å². The summed E-state index contributed by atoms with van der Waals surface area (Å²) in [6, 6.07) is 10.0. The minimum absolute atomic E-state index is 0.267. The van der Waals surface area contributed by atoms with Gasteiger partial charge < -0.3 is 14.8 Å². The standard InChI is InChI=1S/C18H27NO2/c1-2-7-16(8-3-1)20-14-6-13-19-15-17-9-12-18(21-17)10-4-5-11-18/h1-3,7-8,17,19H,4-6,9-15H2. The number of hydrogen-bond acceptors (Lipinski definition) is 3. The molecule has 1 aromatic carbocycles. The van der Waals surface area contributed by atoms with Gasteiger partial charge in [0.1, 0.15) is 5.75 Å². The molecule has 1 aromatic rings. The number of para-hydroxylation sites is 1. The van der Waals surface area contributed by atoms with E-state index in [-0.39, 0.29) is 5.60 Å². The van der Waals surface area contributed by atoms with Crippen molar-refractivity contribution in [3.8, 4) is 5.75 Å². The van der Waals surface area contributed by atoms with E-state index >= 15 is 0 Å². The second-order valence-corrected chi connectivity index (χ2v) is 6.39. The Bertz CT molecular complexity index is 414. The molecule has 1 aliphatic carbocycles. The Morgan fingerprint density at radius 3 is 2.76 bits per heavy atom. The summed E-state index contributed by atoms with van der Waals surface area (Å²) in [5, 5.41) is 3.51. The third kappa shape index (κ3) is 4.21. The zero-order valence-electron chi connectivity index (χ0n) is 12.9. The van der Waals surface area contributed by atoms with Crippen LogP contribution >= 0.6 is 0 Å². The van der Waals surface area contributed by atoms with Crippen molar-refractivity contribution in [2.24, 2.45) is 0 Å². The fourth-order valence-electron chi connectivity index (χ4n) is 3.59. The summed E-state index contributed by atoms with van der Waals surface area (Å²) < 4.78 is 12.0. The van der Waals surface area contributed by atoms with Crippen LogP contribution in [0.3, 0.4) is 0 Å². The summed E-state index contributed by atoms with van der Waals surface area (Å²) in [5.41, 5.74) is 0.267. The zero-order valence-corrected chi connectivity index (χ0v) is 12.9. The summed E-state index contributed by atoms with van der Waals surface area (Å²) in [5.74, 6) is 0.958. The minimum atomic E-state index is 0.267. The van der Waals surface area contributed by atoms with Gasteiger partial charge in [-0.1, -0.05) is 31.0 Å². The highest BCUT2D eigenvalue weighted by molar-refractivity contribution is 5.20. The average Bonchev–Trinajstić information content (AvgIpc) is 3.14. The Balaban J connectivity index is 1.24. The van der Waals surface area contributed by atoms with Gasteiger partial charge in [-0.15, -0.1) is 0 Å². The molecule has 0 amide bonds. The average molecular weight is 289 g/mol. The minimum Gasteiger partial charge on any atom is -0.494 e. The molecule has 0 aromatic heterocycles. The number of rotatable bonds is 7. The third-order valence-electron chi connectivity index (χ3n) is 4.74. The van der Waals surface area contributed by atoms with E-state index in [1.54, 1.807) is 0 Å². The number of ether oxygens (including phenoxy) is 2. The summed E-state index contributed by atoms with van der Waals surface area (Å²) in [4.78, 5) is 0. The maximum Gasteiger partial charge on any atom is 0.119 e. The van der Waals surface area contributed by atoms with Gasteiger partial charge in [0.25, 0.3) is 0 Å². The lowest BCUT2D eigenvalue weighted by atomic mass is 9.98. The van der Waals surface area contributed by atoms with Crippen LogP contribution in [0.2, 0.25) is 0 Å². The Morgan fingerprint density at radius 1 is 1.14 bits per heavy atom. The predicted octanol–water partition coefficient (Wildman–Crippen LogP) is 3.54. The fraction of sp³-hybridized carbons (Fsp3) is 0.667. The molecule has 0 bridgehead atoms. The van der Waals surface area contributed by atoms with E-state index in [1.165, 1.54) is 38.5 Å². The molecular formula is C18H27NO2. The van der Waals surface area contributed by atoms with E-state index < -0.39 is 0 Å². The molecule has 1 saturated carbocycles. The SMILES string of the molecule is c1ccc(OCCCNCC2CCC3(CCCC3)O2)cc1. The second-order valence-electron chi connectivity index (χ2n) is 6.39. The van der Waals surface area contributed by atoms with Crippen molar-refractivity contribution in [3.63, 3.8) is 0 Å². The topological polar surface area (TPSA) is 30.5 Å². The largest absolute Gasteiger partial charge is 0.494 e. The molecule has 1 saturated heterocycles. The van der Waals surface area contributed by atoms with Crippen molar-refractivity contribution in [2.45, 2.75) is 56.7 Å². The van der Waals surface area contributed by atoms with E-state index in [0.717, 1.165) is 31.9 Å². The molecule has 1 unspecified atom stereocenters. The highest BCUT2D eigenvalue weighted by atomic mass is 16.5. The highest BCUT2D eigenvalue weighted by Gasteiger charge is 2.41. The maximum atomic E-state index is 6.29. The molecule has 1 aliphatic heterocycles. The van der Waals surface area contributed by atoms with Crippen LogP contribution < -0.4 is 10.1 Å². The smallest absolute Gasteiger partial charge is 0.119 e. The van der Waals surface area contributed by atoms with Gasteiger partial charge in [-0.3, -0.25) is 0 Å². The first-order valence-corrected chi connectivity index (χ1v) is 8.43. The Kier molecular flexibility index (Phi) is 5.15. The van der Waals surface area contributed by atoms with Crippen LogP contribution in [-0.4, -0.2) is 31.4 Å². The van der Waals surface area contributed by atoms with Crippen LogP contribution in [0.25, 0.3) is 0 Å². The lowest BCUT2D eigenvalue weighted by Crippen LogP contribution is -2.31. The molecule has 0 radical (unpaired) electrons. The van der Waals surface area contributed by atoms with Crippen molar-refractivity contribution in [2.75, 3.05) is 19.7 Å². The molecule has 1 N–H and O–H groups in total. The third-order valence-corrected chi connectivity index (χ3v) is 4.74. The first-order valence-electron chi connectivity index (χ1n) is 8.43. The molecule has 21 heavy (non-hydrogen) atoms. The molecule has 1 spiro atoms. The molecule has 1 atom stereocenters. The molecular weight excluding hydrogens is 262 g/mol. The lowest BCUT2D eigenvalue weighted by molar-refractivity contribution is -0.0350. The number of hydrogen-bond donors (Lipinski definition) is 1. The van der Waals surface area contributed by atoms with Gasteiger partial charge in [0.15, 0.2) is 0 Å². The Morgan fingerprint density at radius 2 is 1.95 bits per heavy atom. The van der Waals surface area contributed by atoms with Crippen LogP contribution in [-0.2, 0) is 4.74 Å². The zero-order chi connectivity index (χ0) is 14.4. The summed E-state index contributed by atoms with van der Waals surface area (Å²) in [6.45, 7) is 2.76. The van der Waals surface area contributed by atoms with Crippen LogP contribution in [0, 0.1) is 0 Å². The van der Waals surface area contributed by atoms with Crippen molar-refractivity contribution >= 4 is 0 Å². The normalized spacial score (nSPS) is 23.7. The van der Waals surface area contributed by atoms with E-state index in [4.69, 9.17) is 9.47 Å². The van der Waals surface area contributed by atoms with Crippen molar-refractivity contribution < 1.29 is 9.47 Å². The summed E-state index contributed by atoms with van der Waals surface area (Å²) >= 11 is 0. The van der Waals surface area contributed by atoms with E-state index in [1.807, 2.05) is 30.3 Å². The highest BCUT2D eigenvalue weighted by Crippen LogP contribution is 2.43. The van der Waals surface area contributed by atoms with E-state index in [2.05, 4.69) is 5.32 Å². The van der Waals surface area contributed by atoms with Gasteiger partial charge in [0.05, 0.1) is 18.3 Å². The molecule has 3 rings (SSSR count). The van der Waals surface area contributed by atoms with Crippen LogP contribution in [0.4, 0.5) is 0 Å². The van der Waals surface area contributed by atoms with Gasteiger partial charge in [0, 0.05) is 6.54 Å². The van der Waals surface area contributed by atoms with Crippen LogP contribution in [0.15, 0.2) is 30.3 Å². The summed E-state index contributed by atoms with van der Waals surface area (Å²) in [6.07, 6.45) is 9.26. The Labute approximate surface area is 128 Å². The first kappa shape index (κ1) is 14.9. The van der Waals surface area contributed by atoms with Gasteiger partial charge in [0.2, 0.25) is 0 Å². The van der Waals surface area contributed by atoms with E-state index in [0.29, 0.717) is 6.10 Å². The number of benzene rings is 1. The molecule has 3 heteroatoms. The molecule has 1 heterocycles. The molecule has 3 nitrogen and oxygen atoms in total. The maximum absolute atomic E-state index is 6.29. The van der Waals surface area contributed by atoms with E-state index in [9.17, 15) is 0 Å². The monoisotopic (exact) mass is 289 g/mol. The molecule has 2 aliphatic rings. The second kappa shape index (κ2) is 7.28. The van der Waals surface area contributed by atoms with Crippen molar-refractivity contribution in [3.05, 3.63) is 30.3 Å². The van der Waals surface area contributed by atoms with Gasteiger partial charge in [-0.05, 0) is 50.8 Å². The Hall–Kier alpha value is -1.06. The van der Waals surface area contributed by atoms with Gasteiger partial charge in [-0.25, -0.2) is 0 Å². The van der Waals surface area contributed by atoms with Gasteiger partial charge in [-0.2, -0.15) is 0 Å². The first-order chi connectivity index (χ1) is 10.4. The lowest BCUT2D eigenvalue weighted by Gasteiger charge is -2.23. The van der Waals surface area contributed by atoms with Crippen molar-refractivity contribution in [1.82, 2.24) is 5.32 Å². The predicted molar refractivity (Wildman–Crippen MR) is 84.7 cm³/mol. The number of nitrogens with one attached hydrogen (secondary N) is 1. The van der Waals surface area contributed by atoms with Gasteiger partial charge >= 0.3 is 0 Å². The fourth-order valence-corrected chi connectivity index (χ4v) is 3.59. The van der Waals surface area contributed by atoms with Crippen LogP contribution in [0.1, 0.15) is 44.9 Å². The molecule has 2 fully saturated rings. The molecule has 116 valence electrons. The van der Waals surface area contributed by atoms with Crippen molar-refractivity contribution in [1.29, 1.82) is 0 Å². The quantitative estimate of drug-likeness (QED) is 0.779. The summed E-state index contributed by atoms with van der Waals surface area (Å²) in [7, 11) is 0.